The topological polar surface area (TPSA) is 55.8 Å². The monoisotopic (exact) mass is 415 g/mol. The summed E-state index contributed by atoms with van der Waals surface area (Å²) in [4.78, 5) is 26.3. The van der Waals surface area contributed by atoms with E-state index in [4.69, 9.17) is 9.47 Å². The van der Waals surface area contributed by atoms with E-state index >= 15 is 0 Å². The second-order valence-electron chi connectivity index (χ2n) is 6.67. The van der Waals surface area contributed by atoms with Crippen LogP contribution >= 0.6 is 11.8 Å². The molecule has 0 unspecified atom stereocenters. The predicted octanol–water partition coefficient (Wildman–Crippen LogP) is 5.25. The molecule has 1 heterocycles. The van der Waals surface area contributed by atoms with Crippen LogP contribution in [0.1, 0.15) is 31.9 Å². The number of ether oxygens (including phenoxy) is 2. The number of carbonyl (C=O) groups excluding carboxylic acids is 2. The fourth-order valence-electron chi connectivity index (χ4n) is 2.82. The van der Waals surface area contributed by atoms with E-state index in [0.717, 1.165) is 16.7 Å². The molecule has 0 aromatic heterocycles. The van der Waals surface area contributed by atoms with Gasteiger partial charge in [-0.15, -0.1) is 0 Å². The van der Waals surface area contributed by atoms with E-state index in [1.807, 2.05) is 20.8 Å². The third-order valence-corrected chi connectivity index (χ3v) is 5.00. The summed E-state index contributed by atoms with van der Waals surface area (Å²) in [5.41, 5.74) is 1.01. The number of nitrogens with zero attached hydrogens (tertiary/aromatic N) is 1. The smallest absolute Gasteiger partial charge is 0.293 e. The minimum atomic E-state index is -0.447. The van der Waals surface area contributed by atoms with Gasteiger partial charge >= 0.3 is 0 Å². The number of imide groups is 1. The second kappa shape index (κ2) is 9.13. The van der Waals surface area contributed by atoms with Crippen molar-refractivity contribution in [1.82, 2.24) is 4.90 Å². The van der Waals surface area contributed by atoms with E-state index < -0.39 is 17.0 Å². The molecule has 5 nitrogen and oxygen atoms in total. The van der Waals surface area contributed by atoms with Gasteiger partial charge in [0.2, 0.25) is 0 Å². The molecular formula is C22H22FNO4S. The maximum atomic E-state index is 13.9. The van der Waals surface area contributed by atoms with Crippen LogP contribution in [0, 0.1) is 5.82 Å². The molecule has 0 bridgehead atoms. The van der Waals surface area contributed by atoms with E-state index in [0.29, 0.717) is 29.2 Å². The number of benzene rings is 2. The highest BCUT2D eigenvalue weighted by Gasteiger charge is 2.35. The highest BCUT2D eigenvalue weighted by Crippen LogP contribution is 2.35. The van der Waals surface area contributed by atoms with Gasteiger partial charge in [0.15, 0.2) is 11.5 Å². The van der Waals surface area contributed by atoms with Gasteiger partial charge in [-0.05, 0) is 62.4 Å². The van der Waals surface area contributed by atoms with Crippen molar-refractivity contribution in [2.75, 3.05) is 6.61 Å². The molecule has 1 saturated heterocycles. The molecule has 0 aliphatic carbocycles. The molecule has 2 aromatic rings. The van der Waals surface area contributed by atoms with Crippen molar-refractivity contribution in [2.45, 2.75) is 33.4 Å². The van der Waals surface area contributed by atoms with Gasteiger partial charge in [0.05, 0.1) is 24.2 Å². The standard InChI is InChI=1S/C22H22FNO4S/c1-4-27-19-11-15(9-10-18(19)28-14(2)3)12-20-21(25)24(22(26)29-20)13-16-7-5-6-8-17(16)23/h5-12,14H,4,13H2,1-3H3/b20-12-. The quantitative estimate of drug-likeness (QED) is 0.578. The van der Waals surface area contributed by atoms with E-state index in [1.165, 1.54) is 6.07 Å². The third-order valence-electron chi connectivity index (χ3n) is 4.09. The summed E-state index contributed by atoms with van der Waals surface area (Å²) in [6.45, 7) is 6.10. The minimum Gasteiger partial charge on any atom is -0.490 e. The second-order valence-corrected chi connectivity index (χ2v) is 7.66. The Bertz CT molecular complexity index is 958. The molecule has 0 atom stereocenters. The largest absolute Gasteiger partial charge is 0.490 e. The highest BCUT2D eigenvalue weighted by atomic mass is 32.2. The number of halogens is 1. The molecule has 152 valence electrons. The Kier molecular flexibility index (Phi) is 6.59. The molecule has 1 aliphatic heterocycles. The zero-order valence-corrected chi connectivity index (χ0v) is 17.3. The van der Waals surface area contributed by atoms with Crippen molar-refractivity contribution in [1.29, 1.82) is 0 Å². The lowest BCUT2D eigenvalue weighted by molar-refractivity contribution is -0.123. The maximum Gasteiger partial charge on any atom is 0.293 e. The number of thioether (sulfide) groups is 1. The Morgan fingerprint density at radius 1 is 1.14 bits per heavy atom. The van der Waals surface area contributed by atoms with E-state index in [1.54, 1.807) is 42.5 Å². The molecular weight excluding hydrogens is 393 g/mol. The first kappa shape index (κ1) is 20.9. The lowest BCUT2D eigenvalue weighted by Crippen LogP contribution is -2.27. The van der Waals surface area contributed by atoms with Crippen LogP contribution in [0.15, 0.2) is 47.4 Å². The summed E-state index contributed by atoms with van der Waals surface area (Å²) in [5.74, 6) is 0.300. The molecule has 7 heteroatoms. The van der Waals surface area contributed by atoms with Crippen LogP contribution < -0.4 is 9.47 Å². The molecule has 29 heavy (non-hydrogen) atoms. The Morgan fingerprint density at radius 2 is 1.90 bits per heavy atom. The number of hydrogen-bond donors (Lipinski definition) is 0. The molecule has 3 rings (SSSR count). The van der Waals surface area contributed by atoms with Gasteiger partial charge in [-0.25, -0.2) is 4.39 Å². The highest BCUT2D eigenvalue weighted by molar-refractivity contribution is 8.18. The number of carbonyl (C=O) groups is 2. The molecule has 0 spiro atoms. The van der Waals surface area contributed by atoms with Crippen molar-refractivity contribution >= 4 is 29.0 Å². The van der Waals surface area contributed by atoms with Crippen molar-refractivity contribution < 1.29 is 23.5 Å². The summed E-state index contributed by atoms with van der Waals surface area (Å²) in [6, 6.07) is 11.4. The first-order valence-electron chi connectivity index (χ1n) is 9.31. The van der Waals surface area contributed by atoms with Gasteiger partial charge in [0.25, 0.3) is 11.1 Å². The van der Waals surface area contributed by atoms with Crippen LogP contribution in [-0.4, -0.2) is 28.8 Å². The lowest BCUT2D eigenvalue weighted by atomic mass is 10.1. The molecule has 1 fully saturated rings. The molecule has 2 amide bonds. The van der Waals surface area contributed by atoms with Crippen molar-refractivity contribution in [3.63, 3.8) is 0 Å². The average molecular weight is 415 g/mol. The number of hydrogen-bond acceptors (Lipinski definition) is 5. The zero-order valence-electron chi connectivity index (χ0n) is 16.5. The van der Waals surface area contributed by atoms with Gasteiger partial charge < -0.3 is 9.47 Å². The number of rotatable bonds is 7. The van der Waals surface area contributed by atoms with Crippen LogP contribution in [0.25, 0.3) is 6.08 Å². The molecule has 1 aliphatic rings. The van der Waals surface area contributed by atoms with Crippen molar-refractivity contribution in [3.05, 3.63) is 64.3 Å². The Morgan fingerprint density at radius 3 is 2.59 bits per heavy atom. The maximum absolute atomic E-state index is 13.9. The normalized spacial score (nSPS) is 15.5. The van der Waals surface area contributed by atoms with Crippen LogP contribution in [0.3, 0.4) is 0 Å². The van der Waals surface area contributed by atoms with Crippen LogP contribution in [0.4, 0.5) is 9.18 Å². The van der Waals surface area contributed by atoms with Crippen molar-refractivity contribution in [2.24, 2.45) is 0 Å². The van der Waals surface area contributed by atoms with Gasteiger partial charge in [0.1, 0.15) is 5.82 Å². The molecule has 0 saturated carbocycles. The van der Waals surface area contributed by atoms with Gasteiger partial charge in [0, 0.05) is 5.56 Å². The number of amides is 2. The Balaban J connectivity index is 1.83. The minimum absolute atomic E-state index is 0.00469. The summed E-state index contributed by atoms with van der Waals surface area (Å²) in [5, 5.41) is -0.422. The van der Waals surface area contributed by atoms with Crippen LogP contribution in [0.5, 0.6) is 11.5 Å². The van der Waals surface area contributed by atoms with Gasteiger partial charge in [-0.3, -0.25) is 14.5 Å². The van der Waals surface area contributed by atoms with E-state index in [2.05, 4.69) is 0 Å². The molecule has 0 radical (unpaired) electrons. The summed E-state index contributed by atoms with van der Waals surface area (Å²) in [7, 11) is 0. The van der Waals surface area contributed by atoms with E-state index in [-0.39, 0.29) is 17.6 Å². The first-order chi connectivity index (χ1) is 13.9. The molecule has 0 N–H and O–H groups in total. The van der Waals surface area contributed by atoms with Gasteiger partial charge in [-0.2, -0.15) is 0 Å². The Labute approximate surface area is 173 Å². The van der Waals surface area contributed by atoms with Gasteiger partial charge in [-0.1, -0.05) is 24.3 Å². The summed E-state index contributed by atoms with van der Waals surface area (Å²) < 4.78 is 25.3. The summed E-state index contributed by atoms with van der Waals surface area (Å²) in [6.07, 6.45) is 1.63. The average Bonchev–Trinajstić information content (AvgIpc) is 2.93. The summed E-state index contributed by atoms with van der Waals surface area (Å²) >= 11 is 0.840. The zero-order chi connectivity index (χ0) is 21.0. The lowest BCUT2D eigenvalue weighted by Gasteiger charge is -2.15. The van der Waals surface area contributed by atoms with Crippen LogP contribution in [0.2, 0.25) is 0 Å². The van der Waals surface area contributed by atoms with Crippen molar-refractivity contribution in [3.8, 4) is 11.5 Å². The Hall–Kier alpha value is -2.80. The first-order valence-corrected chi connectivity index (χ1v) is 10.1. The van der Waals surface area contributed by atoms with E-state index in [9.17, 15) is 14.0 Å². The third kappa shape index (κ3) is 4.98. The predicted molar refractivity (Wildman–Crippen MR) is 111 cm³/mol. The fourth-order valence-corrected chi connectivity index (χ4v) is 3.66. The van der Waals surface area contributed by atoms with Crippen LogP contribution in [-0.2, 0) is 11.3 Å². The fraction of sp³-hybridized carbons (Fsp3) is 0.273. The molecule has 2 aromatic carbocycles. The SMILES string of the molecule is CCOc1cc(/C=C2\SC(=O)N(Cc3ccccc3F)C2=O)ccc1OC(C)C.